The van der Waals surface area contributed by atoms with Crippen molar-refractivity contribution in [1.82, 2.24) is 0 Å². The van der Waals surface area contributed by atoms with Gasteiger partial charge in [0.15, 0.2) is 0 Å². The van der Waals surface area contributed by atoms with Crippen LogP contribution in [-0.2, 0) is 0 Å². The molecule has 4 nitrogen and oxygen atoms in total. The molecule has 0 saturated carbocycles. The van der Waals surface area contributed by atoms with Crippen LogP contribution in [0, 0.1) is 0 Å². The van der Waals surface area contributed by atoms with Crippen LogP contribution < -0.4 is 14.8 Å². The van der Waals surface area contributed by atoms with E-state index in [9.17, 15) is 4.79 Å². The lowest BCUT2D eigenvalue weighted by molar-refractivity contribution is 0.102. The van der Waals surface area contributed by atoms with Crippen LogP contribution in [0.5, 0.6) is 11.5 Å². The van der Waals surface area contributed by atoms with Crippen LogP contribution in [0.4, 0.5) is 5.69 Å². The van der Waals surface area contributed by atoms with Crippen molar-refractivity contribution in [3.05, 3.63) is 66.7 Å². The number of rotatable bonds is 7. The molecule has 0 unspecified atom stereocenters. The molecular formula is C18H19NO3. The average molecular weight is 297 g/mol. The average Bonchev–Trinajstić information content (AvgIpc) is 2.54. The Kier molecular flexibility index (Phi) is 5.60. The van der Waals surface area contributed by atoms with E-state index in [2.05, 4.69) is 11.9 Å². The molecule has 0 aliphatic carbocycles. The quantitative estimate of drug-likeness (QED) is 0.788. The molecule has 22 heavy (non-hydrogen) atoms. The van der Waals surface area contributed by atoms with Gasteiger partial charge in [0.05, 0.1) is 6.61 Å². The van der Waals surface area contributed by atoms with E-state index >= 15 is 0 Å². The Hall–Kier alpha value is -2.75. The third kappa shape index (κ3) is 4.38. The minimum atomic E-state index is -0.192. The summed E-state index contributed by atoms with van der Waals surface area (Å²) in [5, 5.41) is 2.84. The second kappa shape index (κ2) is 7.88. The molecule has 0 aliphatic heterocycles. The van der Waals surface area contributed by atoms with Crippen LogP contribution in [-0.4, -0.2) is 19.1 Å². The Labute approximate surface area is 130 Å². The zero-order valence-corrected chi connectivity index (χ0v) is 12.5. The third-order valence-corrected chi connectivity index (χ3v) is 2.87. The molecule has 0 heterocycles. The van der Waals surface area contributed by atoms with Crippen LogP contribution in [0.3, 0.4) is 0 Å². The Morgan fingerprint density at radius 1 is 1.14 bits per heavy atom. The second-order valence-corrected chi connectivity index (χ2v) is 4.54. The summed E-state index contributed by atoms with van der Waals surface area (Å²) in [5.74, 6) is 1.17. The van der Waals surface area contributed by atoms with E-state index in [1.807, 2.05) is 31.2 Å². The topological polar surface area (TPSA) is 47.6 Å². The van der Waals surface area contributed by atoms with Crippen LogP contribution in [0.15, 0.2) is 61.2 Å². The fraction of sp³-hybridized carbons (Fsp3) is 0.167. The summed E-state index contributed by atoms with van der Waals surface area (Å²) in [5.41, 5.74) is 1.22. The number of hydrogen-bond acceptors (Lipinski definition) is 3. The third-order valence-electron chi connectivity index (χ3n) is 2.87. The van der Waals surface area contributed by atoms with Crippen molar-refractivity contribution in [3.8, 4) is 11.5 Å². The van der Waals surface area contributed by atoms with Gasteiger partial charge in [-0.15, -0.1) is 0 Å². The van der Waals surface area contributed by atoms with Crippen molar-refractivity contribution >= 4 is 11.6 Å². The lowest BCUT2D eigenvalue weighted by Gasteiger charge is -2.09. The minimum absolute atomic E-state index is 0.192. The summed E-state index contributed by atoms with van der Waals surface area (Å²) in [4.78, 5) is 12.3. The number of benzene rings is 2. The largest absolute Gasteiger partial charge is 0.494 e. The first-order chi connectivity index (χ1) is 10.7. The normalized spacial score (nSPS) is 9.86. The van der Waals surface area contributed by atoms with Gasteiger partial charge in [-0.2, -0.15) is 0 Å². The van der Waals surface area contributed by atoms with Crippen LogP contribution in [0.1, 0.15) is 17.3 Å². The fourth-order valence-corrected chi connectivity index (χ4v) is 1.92. The van der Waals surface area contributed by atoms with E-state index in [1.54, 1.807) is 30.3 Å². The highest BCUT2D eigenvalue weighted by Gasteiger charge is 2.07. The molecule has 1 N–H and O–H groups in total. The van der Waals surface area contributed by atoms with Crippen LogP contribution in [0.25, 0.3) is 0 Å². The summed E-state index contributed by atoms with van der Waals surface area (Å²) >= 11 is 0. The smallest absolute Gasteiger partial charge is 0.255 e. The van der Waals surface area contributed by atoms with Crippen molar-refractivity contribution in [2.45, 2.75) is 6.92 Å². The zero-order chi connectivity index (χ0) is 15.8. The molecule has 0 bridgehead atoms. The Balaban J connectivity index is 2.08. The van der Waals surface area contributed by atoms with Crippen molar-refractivity contribution < 1.29 is 14.3 Å². The standard InChI is InChI=1S/C18H19NO3/c1-3-11-22-17-10-6-8-15(13-17)19-18(20)14-7-5-9-16(12-14)21-4-2/h3,5-10,12-13H,1,4,11H2,2H3,(H,19,20). The van der Waals surface area contributed by atoms with Gasteiger partial charge in [-0.3, -0.25) is 4.79 Å². The summed E-state index contributed by atoms with van der Waals surface area (Å²) < 4.78 is 10.8. The first-order valence-corrected chi connectivity index (χ1v) is 7.11. The predicted octanol–water partition coefficient (Wildman–Crippen LogP) is 3.90. The maximum atomic E-state index is 12.3. The van der Waals surface area contributed by atoms with E-state index in [0.717, 1.165) is 0 Å². The Morgan fingerprint density at radius 3 is 2.59 bits per heavy atom. The second-order valence-electron chi connectivity index (χ2n) is 4.54. The fourth-order valence-electron chi connectivity index (χ4n) is 1.92. The molecule has 0 fully saturated rings. The number of carbonyl (C=O) groups excluding carboxylic acids is 1. The number of anilines is 1. The molecule has 0 atom stereocenters. The summed E-state index contributed by atoms with van der Waals surface area (Å²) in [6.45, 7) is 6.49. The molecule has 0 saturated heterocycles. The van der Waals surface area contributed by atoms with Crippen molar-refractivity contribution in [2.75, 3.05) is 18.5 Å². The van der Waals surface area contributed by atoms with Gasteiger partial charge in [0, 0.05) is 17.3 Å². The molecular weight excluding hydrogens is 278 g/mol. The summed E-state index contributed by atoms with van der Waals surface area (Å²) in [6.07, 6.45) is 1.67. The first-order valence-electron chi connectivity index (χ1n) is 7.11. The highest BCUT2D eigenvalue weighted by molar-refractivity contribution is 6.04. The van der Waals surface area contributed by atoms with E-state index < -0.39 is 0 Å². The molecule has 4 heteroatoms. The lowest BCUT2D eigenvalue weighted by atomic mass is 10.2. The van der Waals surface area contributed by atoms with Gasteiger partial charge in [-0.25, -0.2) is 0 Å². The first kappa shape index (κ1) is 15.6. The van der Waals surface area contributed by atoms with E-state index in [1.165, 1.54) is 0 Å². The molecule has 2 rings (SSSR count). The van der Waals surface area contributed by atoms with Gasteiger partial charge < -0.3 is 14.8 Å². The number of nitrogens with one attached hydrogen (secondary N) is 1. The number of hydrogen-bond donors (Lipinski definition) is 1. The molecule has 0 spiro atoms. The number of carbonyl (C=O) groups is 1. The molecule has 2 aromatic carbocycles. The SMILES string of the molecule is C=CCOc1cccc(NC(=O)c2cccc(OCC)c2)c1. The maximum absolute atomic E-state index is 12.3. The Bertz CT molecular complexity index is 652. The number of ether oxygens (including phenoxy) is 2. The van der Waals surface area contributed by atoms with Crippen LogP contribution >= 0.6 is 0 Å². The lowest BCUT2D eigenvalue weighted by Crippen LogP contribution is -2.12. The van der Waals surface area contributed by atoms with E-state index in [4.69, 9.17) is 9.47 Å². The molecule has 0 aliphatic rings. The van der Waals surface area contributed by atoms with Crippen LogP contribution in [0.2, 0.25) is 0 Å². The van der Waals surface area contributed by atoms with Gasteiger partial charge in [-0.05, 0) is 37.3 Å². The van der Waals surface area contributed by atoms with Gasteiger partial charge in [-0.1, -0.05) is 24.8 Å². The van der Waals surface area contributed by atoms with Crippen molar-refractivity contribution in [3.63, 3.8) is 0 Å². The molecule has 114 valence electrons. The van der Waals surface area contributed by atoms with Gasteiger partial charge in [0.25, 0.3) is 5.91 Å². The van der Waals surface area contributed by atoms with Gasteiger partial charge in [0.2, 0.25) is 0 Å². The summed E-state index contributed by atoms with van der Waals surface area (Å²) in [7, 11) is 0. The Morgan fingerprint density at radius 2 is 1.86 bits per heavy atom. The monoisotopic (exact) mass is 297 g/mol. The summed E-state index contributed by atoms with van der Waals surface area (Å²) in [6, 6.07) is 14.3. The van der Waals surface area contributed by atoms with Crippen molar-refractivity contribution in [2.24, 2.45) is 0 Å². The minimum Gasteiger partial charge on any atom is -0.494 e. The van der Waals surface area contributed by atoms with Gasteiger partial charge >= 0.3 is 0 Å². The predicted molar refractivity (Wildman–Crippen MR) is 87.7 cm³/mol. The molecule has 0 aromatic heterocycles. The molecule has 1 amide bonds. The number of amides is 1. The van der Waals surface area contributed by atoms with Gasteiger partial charge in [0.1, 0.15) is 18.1 Å². The zero-order valence-electron chi connectivity index (χ0n) is 12.5. The highest BCUT2D eigenvalue weighted by atomic mass is 16.5. The highest BCUT2D eigenvalue weighted by Crippen LogP contribution is 2.19. The maximum Gasteiger partial charge on any atom is 0.255 e. The van der Waals surface area contributed by atoms with E-state index in [0.29, 0.717) is 36.0 Å². The van der Waals surface area contributed by atoms with Crippen molar-refractivity contribution in [1.29, 1.82) is 0 Å². The van der Waals surface area contributed by atoms with E-state index in [-0.39, 0.29) is 5.91 Å². The molecule has 0 radical (unpaired) electrons. The molecule has 2 aromatic rings.